The van der Waals surface area contributed by atoms with E-state index in [9.17, 15) is 0 Å². The Hall–Kier alpha value is -0.0400. The first kappa shape index (κ1) is 10.0. The van der Waals surface area contributed by atoms with Gasteiger partial charge in [0.25, 0.3) is 0 Å². The van der Waals surface area contributed by atoms with Gasteiger partial charge < -0.3 is 4.74 Å². The highest BCUT2D eigenvalue weighted by Gasteiger charge is 2.14. The van der Waals surface area contributed by atoms with Crippen LogP contribution in [0.1, 0.15) is 44.9 Å². The highest BCUT2D eigenvalue weighted by Crippen LogP contribution is 2.20. The van der Waals surface area contributed by atoms with E-state index in [4.69, 9.17) is 4.74 Å². The third-order valence-corrected chi connectivity index (χ3v) is 2.37. The van der Waals surface area contributed by atoms with Gasteiger partial charge in [0.15, 0.2) is 0 Å². The van der Waals surface area contributed by atoms with E-state index in [1.165, 1.54) is 38.5 Å². The van der Waals surface area contributed by atoms with Gasteiger partial charge in [0.2, 0.25) is 0 Å². The molecule has 0 aliphatic heterocycles. The van der Waals surface area contributed by atoms with E-state index in [1.807, 2.05) is 0 Å². The van der Waals surface area contributed by atoms with Crippen molar-refractivity contribution in [1.29, 1.82) is 0 Å². The standard InChI is InChI=1S/C11H20O/c1-2-3-4-7-10-12-11-8-5-6-9-11/h5,11H,1-4,6-10H2. The molecule has 1 saturated carbocycles. The molecule has 0 saturated heterocycles. The monoisotopic (exact) mass is 168 g/mol. The van der Waals surface area contributed by atoms with Crippen LogP contribution in [0.4, 0.5) is 0 Å². The summed E-state index contributed by atoms with van der Waals surface area (Å²) in [6.45, 7) is 4.77. The SMILES string of the molecule is [CH2]CCCCCOC1C[CH]CC1. The summed E-state index contributed by atoms with van der Waals surface area (Å²) in [5.74, 6) is 0. The summed E-state index contributed by atoms with van der Waals surface area (Å²) in [7, 11) is 0. The fourth-order valence-electron chi connectivity index (χ4n) is 1.58. The van der Waals surface area contributed by atoms with Crippen LogP contribution in [-0.2, 0) is 4.74 Å². The number of hydrogen-bond donors (Lipinski definition) is 0. The van der Waals surface area contributed by atoms with Gasteiger partial charge in [0.05, 0.1) is 6.10 Å². The van der Waals surface area contributed by atoms with Gasteiger partial charge in [-0.1, -0.05) is 26.2 Å². The van der Waals surface area contributed by atoms with Crippen LogP contribution in [0.3, 0.4) is 0 Å². The molecule has 1 atom stereocenters. The zero-order valence-corrected chi connectivity index (χ0v) is 7.93. The van der Waals surface area contributed by atoms with Crippen molar-refractivity contribution < 1.29 is 4.74 Å². The Morgan fingerprint density at radius 1 is 1.33 bits per heavy atom. The molecule has 12 heavy (non-hydrogen) atoms. The molecule has 1 aliphatic carbocycles. The average Bonchev–Trinajstić information content (AvgIpc) is 2.57. The van der Waals surface area contributed by atoms with Gasteiger partial charge in [-0.25, -0.2) is 0 Å². The lowest BCUT2D eigenvalue weighted by Gasteiger charge is -2.09. The van der Waals surface area contributed by atoms with Crippen molar-refractivity contribution in [2.75, 3.05) is 6.61 Å². The highest BCUT2D eigenvalue weighted by atomic mass is 16.5. The molecular weight excluding hydrogens is 148 g/mol. The Morgan fingerprint density at radius 3 is 2.92 bits per heavy atom. The summed E-state index contributed by atoms with van der Waals surface area (Å²) in [6.07, 6.45) is 11.4. The highest BCUT2D eigenvalue weighted by molar-refractivity contribution is 4.80. The summed E-state index contributed by atoms with van der Waals surface area (Å²) in [5, 5.41) is 0. The Morgan fingerprint density at radius 2 is 2.25 bits per heavy atom. The van der Waals surface area contributed by atoms with Crippen LogP contribution in [0.5, 0.6) is 0 Å². The van der Waals surface area contributed by atoms with E-state index >= 15 is 0 Å². The Balaban J connectivity index is 1.81. The molecule has 0 amide bonds. The van der Waals surface area contributed by atoms with Crippen LogP contribution >= 0.6 is 0 Å². The Labute approximate surface area is 76.5 Å². The fourth-order valence-corrected chi connectivity index (χ4v) is 1.58. The third-order valence-electron chi connectivity index (χ3n) is 2.37. The topological polar surface area (TPSA) is 9.23 Å². The largest absolute Gasteiger partial charge is 0.378 e. The lowest BCUT2D eigenvalue weighted by atomic mass is 10.2. The number of unbranched alkanes of at least 4 members (excludes halogenated alkanes) is 3. The number of rotatable bonds is 6. The van der Waals surface area contributed by atoms with Crippen LogP contribution in [0.15, 0.2) is 0 Å². The van der Waals surface area contributed by atoms with Gasteiger partial charge in [0.1, 0.15) is 0 Å². The van der Waals surface area contributed by atoms with Gasteiger partial charge >= 0.3 is 0 Å². The molecular formula is C11H20O. The van der Waals surface area contributed by atoms with E-state index in [-0.39, 0.29) is 0 Å². The molecule has 0 aromatic rings. The molecule has 0 spiro atoms. The van der Waals surface area contributed by atoms with E-state index in [0.717, 1.165) is 13.0 Å². The molecule has 1 nitrogen and oxygen atoms in total. The molecule has 2 radical (unpaired) electrons. The van der Waals surface area contributed by atoms with Crippen LogP contribution in [0, 0.1) is 13.3 Å². The van der Waals surface area contributed by atoms with Crippen molar-refractivity contribution in [2.45, 2.75) is 51.0 Å². The van der Waals surface area contributed by atoms with Crippen molar-refractivity contribution in [1.82, 2.24) is 0 Å². The van der Waals surface area contributed by atoms with Gasteiger partial charge in [-0.2, -0.15) is 0 Å². The molecule has 0 aromatic heterocycles. The van der Waals surface area contributed by atoms with Gasteiger partial charge in [-0.05, 0) is 32.1 Å². The van der Waals surface area contributed by atoms with Crippen LogP contribution in [0.2, 0.25) is 0 Å². The van der Waals surface area contributed by atoms with E-state index < -0.39 is 0 Å². The predicted molar refractivity (Wildman–Crippen MR) is 51.7 cm³/mol. The van der Waals surface area contributed by atoms with Crippen LogP contribution in [0.25, 0.3) is 0 Å². The van der Waals surface area contributed by atoms with E-state index in [2.05, 4.69) is 13.3 Å². The first-order chi connectivity index (χ1) is 5.93. The van der Waals surface area contributed by atoms with Crippen LogP contribution in [-0.4, -0.2) is 12.7 Å². The van der Waals surface area contributed by atoms with Crippen molar-refractivity contribution in [3.63, 3.8) is 0 Å². The lowest BCUT2D eigenvalue weighted by molar-refractivity contribution is 0.0574. The summed E-state index contributed by atoms with van der Waals surface area (Å²) in [4.78, 5) is 0. The normalized spacial score (nSPS) is 18.8. The summed E-state index contributed by atoms with van der Waals surface area (Å²) in [5.41, 5.74) is 0. The molecule has 1 fully saturated rings. The first-order valence-corrected chi connectivity index (χ1v) is 5.16. The summed E-state index contributed by atoms with van der Waals surface area (Å²) >= 11 is 0. The molecule has 1 unspecified atom stereocenters. The van der Waals surface area contributed by atoms with E-state index in [1.54, 1.807) is 0 Å². The van der Waals surface area contributed by atoms with Crippen molar-refractivity contribution in [2.24, 2.45) is 0 Å². The minimum absolute atomic E-state index is 0.546. The van der Waals surface area contributed by atoms with E-state index in [0.29, 0.717) is 6.10 Å². The second kappa shape index (κ2) is 6.47. The lowest BCUT2D eigenvalue weighted by Crippen LogP contribution is -2.08. The Bertz CT molecular complexity index is 95.2. The molecule has 0 aromatic carbocycles. The fraction of sp³-hybridized carbons (Fsp3) is 0.818. The third kappa shape index (κ3) is 4.10. The maximum Gasteiger partial charge on any atom is 0.0578 e. The van der Waals surface area contributed by atoms with Crippen molar-refractivity contribution in [3.8, 4) is 0 Å². The van der Waals surface area contributed by atoms with Crippen molar-refractivity contribution >= 4 is 0 Å². The smallest absolute Gasteiger partial charge is 0.0578 e. The van der Waals surface area contributed by atoms with Gasteiger partial charge in [-0.15, -0.1) is 0 Å². The summed E-state index contributed by atoms with van der Waals surface area (Å²) < 4.78 is 5.70. The molecule has 0 heterocycles. The minimum Gasteiger partial charge on any atom is -0.378 e. The molecule has 0 bridgehead atoms. The molecule has 1 rings (SSSR count). The number of ether oxygens (including phenoxy) is 1. The molecule has 0 N–H and O–H groups in total. The average molecular weight is 168 g/mol. The second-order valence-corrected chi connectivity index (χ2v) is 3.51. The van der Waals surface area contributed by atoms with Crippen LogP contribution < -0.4 is 0 Å². The quantitative estimate of drug-likeness (QED) is 0.554. The molecule has 1 heteroatoms. The zero-order valence-electron chi connectivity index (χ0n) is 7.93. The maximum atomic E-state index is 5.70. The predicted octanol–water partition coefficient (Wildman–Crippen LogP) is 3.15. The first-order valence-electron chi connectivity index (χ1n) is 5.16. The van der Waals surface area contributed by atoms with Crippen molar-refractivity contribution in [3.05, 3.63) is 13.3 Å². The second-order valence-electron chi connectivity index (χ2n) is 3.51. The summed E-state index contributed by atoms with van der Waals surface area (Å²) in [6, 6.07) is 0. The van der Waals surface area contributed by atoms with Gasteiger partial charge in [0, 0.05) is 6.61 Å². The minimum atomic E-state index is 0.546. The maximum absolute atomic E-state index is 5.70. The Kier molecular flexibility index (Phi) is 5.42. The molecule has 1 aliphatic rings. The molecule has 70 valence electrons. The number of hydrogen-bond acceptors (Lipinski definition) is 1. The van der Waals surface area contributed by atoms with Gasteiger partial charge in [-0.3, -0.25) is 0 Å². The zero-order chi connectivity index (χ0) is 8.65.